The molecule has 0 spiro atoms. The lowest BCUT2D eigenvalue weighted by Crippen LogP contribution is -2.18. The molecule has 80 valence electrons. The zero-order valence-electron chi connectivity index (χ0n) is 9.46. The summed E-state index contributed by atoms with van der Waals surface area (Å²) in [5, 5.41) is 0. The van der Waals surface area contributed by atoms with Crippen LogP contribution < -0.4 is 4.74 Å². The SMILES string of the molecule is COc1ccc(C2(C(C)=O)CC2)c(C)c1. The van der Waals surface area contributed by atoms with E-state index in [0.717, 1.165) is 24.2 Å². The second-order valence-corrected chi connectivity index (χ2v) is 4.32. The fourth-order valence-electron chi connectivity index (χ4n) is 2.24. The zero-order chi connectivity index (χ0) is 11.1. The molecule has 1 aromatic rings. The summed E-state index contributed by atoms with van der Waals surface area (Å²) in [6.45, 7) is 3.73. The van der Waals surface area contributed by atoms with Gasteiger partial charge in [-0.2, -0.15) is 0 Å². The van der Waals surface area contributed by atoms with E-state index >= 15 is 0 Å². The van der Waals surface area contributed by atoms with Crippen LogP contribution in [0.2, 0.25) is 0 Å². The summed E-state index contributed by atoms with van der Waals surface area (Å²) in [6.07, 6.45) is 1.99. The van der Waals surface area contributed by atoms with Crippen LogP contribution in [0.25, 0.3) is 0 Å². The second kappa shape index (κ2) is 3.37. The van der Waals surface area contributed by atoms with E-state index in [1.165, 1.54) is 5.56 Å². The summed E-state index contributed by atoms with van der Waals surface area (Å²) in [4.78, 5) is 11.6. The van der Waals surface area contributed by atoms with Crippen molar-refractivity contribution in [2.75, 3.05) is 7.11 Å². The summed E-state index contributed by atoms with van der Waals surface area (Å²) in [7, 11) is 1.66. The van der Waals surface area contributed by atoms with Gasteiger partial charge in [0, 0.05) is 0 Å². The van der Waals surface area contributed by atoms with Crippen LogP contribution in [0.15, 0.2) is 18.2 Å². The van der Waals surface area contributed by atoms with Gasteiger partial charge in [-0.25, -0.2) is 0 Å². The molecule has 0 radical (unpaired) electrons. The van der Waals surface area contributed by atoms with E-state index in [1.807, 2.05) is 25.1 Å². The van der Waals surface area contributed by atoms with Gasteiger partial charge in [0.1, 0.15) is 11.5 Å². The number of carbonyl (C=O) groups is 1. The molecule has 0 heterocycles. The minimum Gasteiger partial charge on any atom is -0.497 e. The summed E-state index contributed by atoms with van der Waals surface area (Å²) in [6, 6.07) is 5.96. The second-order valence-electron chi connectivity index (χ2n) is 4.32. The van der Waals surface area contributed by atoms with Gasteiger partial charge >= 0.3 is 0 Å². The molecule has 0 atom stereocenters. The Balaban J connectivity index is 2.42. The molecule has 1 aromatic carbocycles. The molecule has 1 aliphatic rings. The smallest absolute Gasteiger partial charge is 0.140 e. The van der Waals surface area contributed by atoms with Crippen molar-refractivity contribution < 1.29 is 9.53 Å². The number of ketones is 1. The molecular formula is C13H16O2. The third kappa shape index (κ3) is 1.54. The fraction of sp³-hybridized carbons (Fsp3) is 0.462. The van der Waals surface area contributed by atoms with Gasteiger partial charge in [0.15, 0.2) is 0 Å². The maximum absolute atomic E-state index is 11.6. The number of rotatable bonds is 3. The van der Waals surface area contributed by atoms with Crippen LogP contribution in [-0.2, 0) is 10.2 Å². The summed E-state index contributed by atoms with van der Waals surface area (Å²) in [5.41, 5.74) is 2.16. The minimum atomic E-state index is -0.170. The van der Waals surface area contributed by atoms with Gasteiger partial charge in [0.25, 0.3) is 0 Å². The first-order chi connectivity index (χ1) is 7.10. The van der Waals surface area contributed by atoms with Crippen molar-refractivity contribution in [3.05, 3.63) is 29.3 Å². The lowest BCUT2D eigenvalue weighted by atomic mass is 9.88. The Bertz CT molecular complexity index is 403. The number of methoxy groups -OCH3 is 1. The molecule has 1 aliphatic carbocycles. The zero-order valence-corrected chi connectivity index (χ0v) is 9.46. The lowest BCUT2D eigenvalue weighted by Gasteiger charge is -2.15. The number of Topliss-reactive ketones (excluding diaryl/α,β-unsaturated/α-hetero) is 1. The van der Waals surface area contributed by atoms with Gasteiger partial charge in [0.05, 0.1) is 12.5 Å². The van der Waals surface area contributed by atoms with Crippen LogP contribution in [0.3, 0.4) is 0 Å². The maximum Gasteiger partial charge on any atom is 0.140 e. The molecule has 2 heteroatoms. The first-order valence-electron chi connectivity index (χ1n) is 5.26. The third-order valence-corrected chi connectivity index (χ3v) is 3.37. The Morgan fingerprint density at radius 2 is 2.07 bits per heavy atom. The van der Waals surface area contributed by atoms with Crippen LogP contribution in [-0.4, -0.2) is 12.9 Å². The van der Waals surface area contributed by atoms with Gasteiger partial charge in [-0.1, -0.05) is 6.07 Å². The third-order valence-electron chi connectivity index (χ3n) is 3.37. The van der Waals surface area contributed by atoms with E-state index in [0.29, 0.717) is 0 Å². The Labute approximate surface area is 90.3 Å². The van der Waals surface area contributed by atoms with Gasteiger partial charge in [0.2, 0.25) is 0 Å². The van der Waals surface area contributed by atoms with Crippen LogP contribution in [0, 0.1) is 6.92 Å². The molecule has 2 nitrogen and oxygen atoms in total. The Morgan fingerprint density at radius 3 is 2.47 bits per heavy atom. The van der Waals surface area contributed by atoms with Gasteiger partial charge in [-0.05, 0) is 49.9 Å². The van der Waals surface area contributed by atoms with E-state index in [9.17, 15) is 4.79 Å². The first-order valence-corrected chi connectivity index (χ1v) is 5.26. The minimum absolute atomic E-state index is 0.170. The molecule has 0 saturated heterocycles. The van der Waals surface area contributed by atoms with Crippen LogP contribution in [0.4, 0.5) is 0 Å². The molecule has 0 N–H and O–H groups in total. The summed E-state index contributed by atoms with van der Waals surface area (Å²) in [5.74, 6) is 1.14. The van der Waals surface area contributed by atoms with Crippen molar-refractivity contribution in [2.45, 2.75) is 32.1 Å². The number of carbonyl (C=O) groups excluding carboxylic acids is 1. The standard InChI is InChI=1S/C13H16O2/c1-9-8-11(15-3)4-5-12(9)13(6-7-13)10(2)14/h4-5,8H,6-7H2,1-3H3. The van der Waals surface area contributed by atoms with E-state index in [1.54, 1.807) is 14.0 Å². The largest absolute Gasteiger partial charge is 0.497 e. The van der Waals surface area contributed by atoms with Crippen molar-refractivity contribution in [1.29, 1.82) is 0 Å². The van der Waals surface area contributed by atoms with E-state index in [4.69, 9.17) is 4.74 Å². The molecule has 2 rings (SSSR count). The maximum atomic E-state index is 11.6. The fourth-order valence-corrected chi connectivity index (χ4v) is 2.24. The molecule has 0 unspecified atom stereocenters. The van der Waals surface area contributed by atoms with E-state index < -0.39 is 0 Å². The van der Waals surface area contributed by atoms with Crippen LogP contribution in [0.1, 0.15) is 30.9 Å². The van der Waals surface area contributed by atoms with E-state index in [-0.39, 0.29) is 11.2 Å². The number of ether oxygens (including phenoxy) is 1. The normalized spacial score (nSPS) is 17.3. The molecule has 1 saturated carbocycles. The highest BCUT2D eigenvalue weighted by atomic mass is 16.5. The number of aryl methyl sites for hydroxylation is 1. The van der Waals surface area contributed by atoms with Gasteiger partial charge in [-0.15, -0.1) is 0 Å². The quantitative estimate of drug-likeness (QED) is 0.756. The van der Waals surface area contributed by atoms with Crippen LogP contribution >= 0.6 is 0 Å². The van der Waals surface area contributed by atoms with Crippen LogP contribution in [0.5, 0.6) is 5.75 Å². The van der Waals surface area contributed by atoms with Crippen molar-refractivity contribution in [3.63, 3.8) is 0 Å². The average Bonchev–Trinajstić information content (AvgIpc) is 2.98. The van der Waals surface area contributed by atoms with Crippen molar-refractivity contribution in [3.8, 4) is 5.75 Å². The molecule has 0 amide bonds. The Kier molecular flexibility index (Phi) is 2.29. The number of hydrogen-bond acceptors (Lipinski definition) is 2. The summed E-state index contributed by atoms with van der Waals surface area (Å²) < 4.78 is 5.16. The Morgan fingerprint density at radius 1 is 1.40 bits per heavy atom. The lowest BCUT2D eigenvalue weighted by molar-refractivity contribution is -0.119. The van der Waals surface area contributed by atoms with Crippen molar-refractivity contribution >= 4 is 5.78 Å². The predicted molar refractivity (Wildman–Crippen MR) is 59.3 cm³/mol. The van der Waals surface area contributed by atoms with Gasteiger partial charge in [-0.3, -0.25) is 4.79 Å². The van der Waals surface area contributed by atoms with Crippen molar-refractivity contribution in [1.82, 2.24) is 0 Å². The average molecular weight is 204 g/mol. The molecule has 0 bridgehead atoms. The molecule has 1 fully saturated rings. The van der Waals surface area contributed by atoms with Crippen molar-refractivity contribution in [2.24, 2.45) is 0 Å². The highest BCUT2D eigenvalue weighted by Gasteiger charge is 2.49. The number of benzene rings is 1. The molecule has 0 aliphatic heterocycles. The summed E-state index contributed by atoms with van der Waals surface area (Å²) >= 11 is 0. The molecule has 0 aromatic heterocycles. The first kappa shape index (κ1) is 10.2. The van der Waals surface area contributed by atoms with E-state index in [2.05, 4.69) is 0 Å². The molecular weight excluding hydrogens is 188 g/mol. The Hall–Kier alpha value is -1.31. The highest BCUT2D eigenvalue weighted by molar-refractivity contribution is 5.91. The monoisotopic (exact) mass is 204 g/mol. The predicted octanol–water partition coefficient (Wildman–Crippen LogP) is 2.62. The molecule has 15 heavy (non-hydrogen) atoms. The number of hydrogen-bond donors (Lipinski definition) is 0. The topological polar surface area (TPSA) is 26.3 Å². The van der Waals surface area contributed by atoms with Gasteiger partial charge < -0.3 is 4.74 Å². The highest BCUT2D eigenvalue weighted by Crippen LogP contribution is 2.50.